The molecule has 0 aromatic carbocycles. The van der Waals surface area contributed by atoms with Crippen LogP contribution in [0.5, 0.6) is 0 Å². The number of rotatable bonds is 66. The molecule has 3 N–H and O–H groups in total. The van der Waals surface area contributed by atoms with E-state index in [1.165, 1.54) is 135 Å². The highest BCUT2D eigenvalue weighted by molar-refractivity contribution is 7.47. The van der Waals surface area contributed by atoms with Crippen molar-refractivity contribution in [3.63, 3.8) is 0 Å². The van der Waals surface area contributed by atoms with Gasteiger partial charge in [0.1, 0.15) is 19.3 Å². The van der Waals surface area contributed by atoms with Crippen molar-refractivity contribution in [1.29, 1.82) is 0 Å². The summed E-state index contributed by atoms with van der Waals surface area (Å²) in [7, 11) is -9.90. The Hall–Kier alpha value is -1.94. The van der Waals surface area contributed by atoms with E-state index in [4.69, 9.17) is 37.0 Å². The van der Waals surface area contributed by atoms with Crippen LogP contribution in [0.15, 0.2) is 0 Å². The second-order valence-corrected chi connectivity index (χ2v) is 29.3. The highest BCUT2D eigenvalue weighted by atomic mass is 31.2. The second kappa shape index (κ2) is 58.8. The molecule has 19 heteroatoms. The summed E-state index contributed by atoms with van der Waals surface area (Å²) in [6.45, 7) is 14.1. The third-order valence-corrected chi connectivity index (χ3v) is 18.4. The van der Waals surface area contributed by atoms with Gasteiger partial charge in [-0.25, -0.2) is 9.13 Å². The number of ether oxygens (including phenoxy) is 4. The molecule has 0 aliphatic rings. The van der Waals surface area contributed by atoms with Crippen molar-refractivity contribution >= 4 is 39.5 Å². The fourth-order valence-electron chi connectivity index (χ4n) is 10.2. The molecule has 0 saturated carbocycles. The fraction of sp³-hybridized carbons (Fsp3) is 0.942. The van der Waals surface area contributed by atoms with Gasteiger partial charge in [-0.3, -0.25) is 37.3 Å². The minimum Gasteiger partial charge on any atom is -0.462 e. The minimum atomic E-state index is -4.95. The first-order valence-corrected chi connectivity index (χ1v) is 38.8. The zero-order valence-corrected chi connectivity index (χ0v) is 59.1. The summed E-state index contributed by atoms with van der Waals surface area (Å²) in [6.07, 6.45) is 40.3. The molecule has 0 aliphatic carbocycles. The number of phosphoric ester groups is 2. The van der Waals surface area contributed by atoms with E-state index < -0.39 is 97.5 Å². The molecule has 0 aromatic heterocycles. The Morgan fingerprint density at radius 2 is 0.545 bits per heavy atom. The summed E-state index contributed by atoms with van der Waals surface area (Å²) >= 11 is 0. The zero-order valence-electron chi connectivity index (χ0n) is 57.3. The van der Waals surface area contributed by atoms with E-state index in [1.807, 2.05) is 0 Å². The molecule has 0 bridgehead atoms. The van der Waals surface area contributed by atoms with Gasteiger partial charge in [-0.15, -0.1) is 0 Å². The van der Waals surface area contributed by atoms with E-state index in [0.717, 1.165) is 108 Å². The average molecular weight is 1300 g/mol. The Morgan fingerprint density at radius 1 is 0.318 bits per heavy atom. The minimum absolute atomic E-state index is 0.102. The van der Waals surface area contributed by atoms with Crippen LogP contribution in [-0.4, -0.2) is 96.7 Å². The predicted molar refractivity (Wildman–Crippen MR) is 354 cm³/mol. The van der Waals surface area contributed by atoms with E-state index in [1.54, 1.807) is 0 Å². The van der Waals surface area contributed by atoms with Crippen molar-refractivity contribution in [1.82, 2.24) is 0 Å². The molecule has 0 radical (unpaired) electrons. The first kappa shape index (κ1) is 86.1. The van der Waals surface area contributed by atoms with Crippen LogP contribution in [-0.2, 0) is 65.4 Å². The third kappa shape index (κ3) is 60.3. The summed E-state index contributed by atoms with van der Waals surface area (Å²) in [4.78, 5) is 72.5. The first-order valence-electron chi connectivity index (χ1n) is 35.8. The Balaban J connectivity index is 5.26. The number of aliphatic hydroxyl groups excluding tert-OH is 1. The van der Waals surface area contributed by atoms with Crippen LogP contribution in [0.4, 0.5) is 0 Å². The van der Waals surface area contributed by atoms with Crippen molar-refractivity contribution < 1.29 is 80.2 Å². The monoisotopic (exact) mass is 1300 g/mol. The van der Waals surface area contributed by atoms with Crippen LogP contribution >= 0.6 is 15.6 Å². The van der Waals surface area contributed by atoms with Gasteiger partial charge in [-0.1, -0.05) is 287 Å². The van der Waals surface area contributed by atoms with Crippen LogP contribution in [0.3, 0.4) is 0 Å². The maximum absolute atomic E-state index is 13.0. The summed E-state index contributed by atoms with van der Waals surface area (Å²) in [5, 5.41) is 10.6. The quantitative estimate of drug-likeness (QED) is 0.0222. The van der Waals surface area contributed by atoms with Gasteiger partial charge in [0.05, 0.1) is 26.4 Å². The van der Waals surface area contributed by atoms with Crippen LogP contribution in [0, 0.1) is 23.7 Å². The van der Waals surface area contributed by atoms with Gasteiger partial charge in [0.25, 0.3) is 0 Å². The van der Waals surface area contributed by atoms with Gasteiger partial charge in [0.2, 0.25) is 0 Å². The molecular formula is C69H134O17P2. The van der Waals surface area contributed by atoms with Crippen LogP contribution in [0.2, 0.25) is 0 Å². The molecule has 0 rings (SSSR count). The van der Waals surface area contributed by atoms with Gasteiger partial charge in [0, 0.05) is 25.7 Å². The normalized spacial score (nSPS) is 14.9. The number of phosphoric acid groups is 2. The Labute approximate surface area is 537 Å². The van der Waals surface area contributed by atoms with Gasteiger partial charge in [-0.2, -0.15) is 0 Å². The summed E-state index contributed by atoms with van der Waals surface area (Å²) in [6, 6.07) is 0. The summed E-state index contributed by atoms with van der Waals surface area (Å²) < 4.78 is 68.2. The molecule has 0 heterocycles. The van der Waals surface area contributed by atoms with E-state index in [9.17, 15) is 43.2 Å². The average Bonchev–Trinajstić information content (AvgIpc) is 3.69. The van der Waals surface area contributed by atoms with Crippen LogP contribution in [0.25, 0.3) is 0 Å². The van der Waals surface area contributed by atoms with Crippen molar-refractivity contribution in [2.24, 2.45) is 23.7 Å². The molecule has 5 unspecified atom stereocenters. The molecule has 0 aromatic rings. The molecule has 0 saturated heterocycles. The lowest BCUT2D eigenvalue weighted by molar-refractivity contribution is -0.161. The van der Waals surface area contributed by atoms with E-state index in [0.29, 0.717) is 37.5 Å². The summed E-state index contributed by atoms with van der Waals surface area (Å²) in [5.41, 5.74) is 0. The van der Waals surface area contributed by atoms with Gasteiger partial charge >= 0.3 is 39.5 Å². The smallest absolute Gasteiger partial charge is 0.462 e. The lowest BCUT2D eigenvalue weighted by Gasteiger charge is -2.21. The van der Waals surface area contributed by atoms with Crippen LogP contribution in [0.1, 0.15) is 338 Å². The number of esters is 4. The number of hydrogen-bond acceptors (Lipinski definition) is 15. The molecule has 522 valence electrons. The molecule has 0 amide bonds. The molecule has 17 nitrogen and oxygen atoms in total. The lowest BCUT2D eigenvalue weighted by Crippen LogP contribution is -2.30. The van der Waals surface area contributed by atoms with E-state index in [-0.39, 0.29) is 25.7 Å². The second-order valence-electron chi connectivity index (χ2n) is 26.4. The molecule has 0 spiro atoms. The van der Waals surface area contributed by atoms with E-state index in [2.05, 4.69) is 55.4 Å². The van der Waals surface area contributed by atoms with Crippen LogP contribution < -0.4 is 0 Å². The predicted octanol–water partition coefficient (Wildman–Crippen LogP) is 19.3. The number of aliphatic hydroxyl groups is 1. The molecule has 0 aliphatic heterocycles. The van der Waals surface area contributed by atoms with Gasteiger partial charge in [-0.05, 0) is 49.4 Å². The van der Waals surface area contributed by atoms with Crippen molar-refractivity contribution in [2.45, 2.75) is 356 Å². The zero-order chi connectivity index (χ0) is 65.4. The van der Waals surface area contributed by atoms with Gasteiger partial charge in [0.15, 0.2) is 12.2 Å². The van der Waals surface area contributed by atoms with Crippen molar-refractivity contribution in [3.05, 3.63) is 0 Å². The standard InChI is InChI=1S/C69H134O17P2/c1-9-61(7)47-39-31-23-15-11-13-17-25-33-41-49-66(71)79-55-64(85-68(73)51-43-35-26-18-14-12-16-24-32-40-48-62(8)10-2)57-83-87(75,76)81-53-63(70)54-82-88(77,78)84-58-65(86-69(74)52-44-36-28-20-22-30-38-46-60(5)6)56-80-67(72)50-42-34-27-19-21-29-37-45-59(3)4/h59-65,70H,9-58H2,1-8H3,(H,75,76)(H,77,78)/t61?,62?,63?,64-,65-/m1/s1. The van der Waals surface area contributed by atoms with Gasteiger partial charge < -0.3 is 33.8 Å². The number of carbonyl (C=O) groups is 4. The maximum atomic E-state index is 13.0. The SMILES string of the molecule is CCC(C)CCCCCCCCCCCCC(=O)OC[C@H](COP(=O)(O)OCC(O)COP(=O)(O)OC[C@@H](COC(=O)CCCCCCCCCC(C)C)OC(=O)CCCCCCCCCC(C)C)OC(=O)CCCCCCCCCCCCC(C)CC. The summed E-state index contributed by atoms with van der Waals surface area (Å²) in [5.74, 6) is 0.880. The maximum Gasteiger partial charge on any atom is 0.472 e. The third-order valence-electron chi connectivity index (χ3n) is 16.5. The first-order chi connectivity index (χ1) is 42.2. The number of carbonyl (C=O) groups excluding carboxylic acids is 4. The molecular weight excluding hydrogens is 1160 g/mol. The van der Waals surface area contributed by atoms with Crippen molar-refractivity contribution in [3.8, 4) is 0 Å². The lowest BCUT2D eigenvalue weighted by atomic mass is 9.99. The molecule has 88 heavy (non-hydrogen) atoms. The Bertz CT molecular complexity index is 1750. The number of unbranched alkanes of at least 4 members (excludes halogenated alkanes) is 30. The Kier molecular flexibility index (Phi) is 57.6. The topological polar surface area (TPSA) is 237 Å². The highest BCUT2D eigenvalue weighted by Crippen LogP contribution is 2.45. The van der Waals surface area contributed by atoms with Crippen molar-refractivity contribution in [2.75, 3.05) is 39.6 Å². The Morgan fingerprint density at radius 3 is 0.807 bits per heavy atom. The highest BCUT2D eigenvalue weighted by Gasteiger charge is 2.30. The molecule has 0 fully saturated rings. The molecule has 7 atom stereocenters. The largest absolute Gasteiger partial charge is 0.472 e. The number of hydrogen-bond donors (Lipinski definition) is 3. The fourth-order valence-corrected chi connectivity index (χ4v) is 11.8. The van der Waals surface area contributed by atoms with E-state index >= 15 is 0 Å².